The second-order valence-corrected chi connectivity index (χ2v) is 4.97. The Balaban J connectivity index is 4.64. The Hall–Kier alpha value is -0.610. The topological polar surface area (TPSA) is 66.8 Å². The van der Waals surface area contributed by atoms with Crippen molar-refractivity contribution in [2.45, 2.75) is 65.4 Å². The molecule has 0 aliphatic rings. The van der Waals surface area contributed by atoms with Crippen LogP contribution in [0.5, 0.6) is 0 Å². The monoisotopic (exact) mass is 260 g/mol. The number of rotatable bonds is 10. The lowest BCUT2D eigenvalue weighted by molar-refractivity contribution is -0.161. The summed E-state index contributed by atoms with van der Waals surface area (Å²) in [5, 5.41) is 18.0. The van der Waals surface area contributed by atoms with E-state index in [0.717, 1.165) is 38.5 Å². The van der Waals surface area contributed by atoms with E-state index < -0.39 is 11.5 Å². The number of esters is 1. The molecule has 0 aromatic rings. The molecule has 0 aliphatic heterocycles. The third-order valence-electron chi connectivity index (χ3n) is 3.24. The van der Waals surface area contributed by atoms with Gasteiger partial charge in [-0.2, -0.15) is 0 Å². The van der Waals surface area contributed by atoms with Gasteiger partial charge in [-0.25, -0.2) is 0 Å². The van der Waals surface area contributed by atoms with Crippen LogP contribution in [0.4, 0.5) is 0 Å². The number of hydrogen-bond donors (Lipinski definition) is 2. The molecular weight excluding hydrogens is 232 g/mol. The Labute approximate surface area is 110 Å². The molecule has 0 heterocycles. The van der Waals surface area contributed by atoms with Crippen LogP contribution in [0.1, 0.15) is 59.3 Å². The van der Waals surface area contributed by atoms with Crippen LogP contribution < -0.4 is 0 Å². The summed E-state index contributed by atoms with van der Waals surface area (Å²) in [7, 11) is 0. The van der Waals surface area contributed by atoms with Crippen LogP contribution in [-0.4, -0.2) is 35.5 Å². The van der Waals surface area contributed by atoms with E-state index >= 15 is 0 Å². The van der Waals surface area contributed by atoms with Crippen LogP contribution in [0.2, 0.25) is 0 Å². The zero-order valence-electron chi connectivity index (χ0n) is 11.9. The van der Waals surface area contributed by atoms with Crippen LogP contribution in [0.25, 0.3) is 0 Å². The third-order valence-corrected chi connectivity index (χ3v) is 3.24. The lowest BCUT2D eigenvalue weighted by Crippen LogP contribution is -2.35. The second kappa shape index (κ2) is 9.34. The van der Waals surface area contributed by atoms with E-state index in [-0.39, 0.29) is 19.2 Å². The maximum absolute atomic E-state index is 12.2. The first-order valence-corrected chi connectivity index (χ1v) is 7.02. The van der Waals surface area contributed by atoms with Gasteiger partial charge in [-0.1, -0.05) is 40.0 Å². The largest absolute Gasteiger partial charge is 0.462 e. The minimum absolute atomic E-state index is 0.117. The summed E-state index contributed by atoms with van der Waals surface area (Å²) in [6, 6.07) is 0. The van der Waals surface area contributed by atoms with Crippen molar-refractivity contribution >= 4 is 5.97 Å². The Morgan fingerprint density at radius 2 is 1.56 bits per heavy atom. The number of carbonyl (C=O) groups is 1. The van der Waals surface area contributed by atoms with E-state index in [9.17, 15) is 9.90 Å². The summed E-state index contributed by atoms with van der Waals surface area (Å²) in [5.74, 6) is -0.222. The van der Waals surface area contributed by atoms with Crippen molar-refractivity contribution < 1.29 is 19.7 Å². The molecule has 0 aromatic carbocycles. The van der Waals surface area contributed by atoms with Gasteiger partial charge in [0.15, 0.2) is 0 Å². The van der Waals surface area contributed by atoms with Gasteiger partial charge in [0.05, 0.1) is 12.0 Å². The van der Waals surface area contributed by atoms with Crippen molar-refractivity contribution in [2.24, 2.45) is 5.41 Å². The molecule has 0 amide bonds. The molecule has 0 aromatic heterocycles. The van der Waals surface area contributed by atoms with Gasteiger partial charge in [-0.05, 0) is 19.3 Å². The fraction of sp³-hybridized carbons (Fsp3) is 0.929. The summed E-state index contributed by atoms with van der Waals surface area (Å²) < 4.78 is 5.17. The Kier molecular flexibility index (Phi) is 9.02. The molecule has 108 valence electrons. The normalized spacial score (nSPS) is 13.4. The Morgan fingerprint density at radius 1 is 1.11 bits per heavy atom. The summed E-state index contributed by atoms with van der Waals surface area (Å²) in [5.41, 5.74) is -0.409. The minimum atomic E-state index is -0.975. The molecule has 1 unspecified atom stereocenters. The quantitative estimate of drug-likeness (QED) is 0.591. The van der Waals surface area contributed by atoms with Crippen LogP contribution >= 0.6 is 0 Å². The SMILES string of the molecule is CCCC(CCC)(CCC)C(=O)OCC(O)CO. The molecule has 0 radical (unpaired) electrons. The van der Waals surface area contributed by atoms with Gasteiger partial charge in [0.1, 0.15) is 12.7 Å². The van der Waals surface area contributed by atoms with E-state index in [2.05, 4.69) is 20.8 Å². The fourth-order valence-corrected chi connectivity index (χ4v) is 2.49. The molecular formula is C14H28O4. The number of hydrogen-bond acceptors (Lipinski definition) is 4. The van der Waals surface area contributed by atoms with Crippen LogP contribution in [-0.2, 0) is 9.53 Å². The average molecular weight is 260 g/mol. The second-order valence-electron chi connectivity index (χ2n) is 4.97. The number of aliphatic hydroxyl groups is 2. The number of aliphatic hydroxyl groups excluding tert-OH is 2. The van der Waals surface area contributed by atoms with Gasteiger partial charge in [-0.15, -0.1) is 0 Å². The molecule has 0 saturated carbocycles. The predicted molar refractivity (Wildman–Crippen MR) is 71.2 cm³/mol. The number of carbonyl (C=O) groups excluding carboxylic acids is 1. The van der Waals surface area contributed by atoms with Gasteiger partial charge in [0.2, 0.25) is 0 Å². The van der Waals surface area contributed by atoms with Crippen molar-refractivity contribution in [2.75, 3.05) is 13.2 Å². The molecule has 4 nitrogen and oxygen atoms in total. The van der Waals surface area contributed by atoms with E-state index in [1.165, 1.54) is 0 Å². The molecule has 0 spiro atoms. The van der Waals surface area contributed by atoms with Gasteiger partial charge < -0.3 is 14.9 Å². The lowest BCUT2D eigenvalue weighted by Gasteiger charge is -2.31. The first-order chi connectivity index (χ1) is 8.56. The van der Waals surface area contributed by atoms with Crippen molar-refractivity contribution in [3.8, 4) is 0 Å². The molecule has 0 bridgehead atoms. The maximum atomic E-state index is 12.2. The first kappa shape index (κ1) is 17.4. The smallest absolute Gasteiger partial charge is 0.312 e. The van der Waals surface area contributed by atoms with Crippen LogP contribution in [0.15, 0.2) is 0 Å². The Morgan fingerprint density at radius 3 is 1.89 bits per heavy atom. The van der Waals surface area contributed by atoms with E-state index in [4.69, 9.17) is 9.84 Å². The first-order valence-electron chi connectivity index (χ1n) is 7.02. The molecule has 0 saturated heterocycles. The zero-order chi connectivity index (χ0) is 14.0. The summed E-state index contributed by atoms with van der Waals surface area (Å²) in [4.78, 5) is 12.2. The lowest BCUT2D eigenvalue weighted by atomic mass is 9.75. The van der Waals surface area contributed by atoms with E-state index in [0.29, 0.717) is 0 Å². The number of ether oxygens (including phenoxy) is 1. The summed E-state index contributed by atoms with van der Waals surface area (Å²) >= 11 is 0. The zero-order valence-corrected chi connectivity index (χ0v) is 11.9. The van der Waals surface area contributed by atoms with Crippen LogP contribution in [0.3, 0.4) is 0 Å². The van der Waals surface area contributed by atoms with Crippen molar-refractivity contribution in [3.63, 3.8) is 0 Å². The summed E-state index contributed by atoms with van der Waals surface area (Å²) in [6.07, 6.45) is 4.32. The van der Waals surface area contributed by atoms with Gasteiger partial charge >= 0.3 is 5.97 Å². The molecule has 0 fully saturated rings. The molecule has 0 aliphatic carbocycles. The maximum Gasteiger partial charge on any atom is 0.312 e. The van der Waals surface area contributed by atoms with Crippen molar-refractivity contribution in [1.29, 1.82) is 0 Å². The minimum Gasteiger partial charge on any atom is -0.462 e. The highest BCUT2D eigenvalue weighted by molar-refractivity contribution is 5.76. The molecule has 4 heteroatoms. The van der Waals surface area contributed by atoms with Crippen LogP contribution in [0, 0.1) is 5.41 Å². The molecule has 18 heavy (non-hydrogen) atoms. The molecule has 2 N–H and O–H groups in total. The molecule has 1 atom stereocenters. The highest BCUT2D eigenvalue weighted by Gasteiger charge is 2.37. The van der Waals surface area contributed by atoms with Gasteiger partial charge in [0, 0.05) is 0 Å². The third kappa shape index (κ3) is 5.36. The van der Waals surface area contributed by atoms with Gasteiger partial charge in [-0.3, -0.25) is 4.79 Å². The van der Waals surface area contributed by atoms with E-state index in [1.54, 1.807) is 0 Å². The standard InChI is InChI=1S/C14H28O4/c1-4-7-14(8-5-2,9-6-3)13(17)18-11-12(16)10-15/h12,15-16H,4-11H2,1-3H3. The van der Waals surface area contributed by atoms with Crippen molar-refractivity contribution in [3.05, 3.63) is 0 Å². The van der Waals surface area contributed by atoms with E-state index in [1.807, 2.05) is 0 Å². The fourth-order valence-electron chi connectivity index (χ4n) is 2.49. The average Bonchev–Trinajstić information content (AvgIpc) is 2.36. The predicted octanol–water partition coefficient (Wildman–Crippen LogP) is 2.27. The highest BCUT2D eigenvalue weighted by Crippen LogP contribution is 2.36. The highest BCUT2D eigenvalue weighted by atomic mass is 16.5. The summed E-state index contributed by atoms with van der Waals surface area (Å²) in [6.45, 7) is 5.70. The van der Waals surface area contributed by atoms with Crippen molar-refractivity contribution in [1.82, 2.24) is 0 Å². The Bertz CT molecular complexity index is 211. The molecule has 0 rings (SSSR count). The van der Waals surface area contributed by atoms with Gasteiger partial charge in [0.25, 0.3) is 0 Å².